The van der Waals surface area contributed by atoms with Crippen LogP contribution in [0.3, 0.4) is 0 Å². The maximum Gasteiger partial charge on any atom is 0.252 e. The summed E-state index contributed by atoms with van der Waals surface area (Å²) in [6, 6.07) is 7.94. The minimum Gasteiger partial charge on any atom is -0.493 e. The summed E-state index contributed by atoms with van der Waals surface area (Å²) in [6.45, 7) is 4.36. The Morgan fingerprint density at radius 1 is 1.11 bits per heavy atom. The van der Waals surface area contributed by atoms with Gasteiger partial charge in [-0.3, -0.25) is 14.6 Å². The number of methoxy groups -OCH3 is 2. The number of nitrogens with zero attached hydrogens (tertiary/aromatic N) is 1. The van der Waals surface area contributed by atoms with E-state index in [-0.39, 0.29) is 17.7 Å². The fourth-order valence-electron chi connectivity index (χ4n) is 2.74. The van der Waals surface area contributed by atoms with E-state index in [0.29, 0.717) is 30.0 Å². The summed E-state index contributed by atoms with van der Waals surface area (Å²) < 4.78 is 10.4. The molecule has 0 saturated carbocycles. The lowest BCUT2D eigenvalue weighted by atomic mass is 10.0. The molecule has 0 aliphatic rings. The molecule has 1 aromatic heterocycles. The Morgan fingerprint density at radius 2 is 1.86 bits per heavy atom. The van der Waals surface area contributed by atoms with Crippen LogP contribution >= 0.6 is 0 Å². The summed E-state index contributed by atoms with van der Waals surface area (Å²) in [7, 11) is 3.04. The Morgan fingerprint density at radius 3 is 2.46 bits per heavy atom. The third-order valence-corrected chi connectivity index (χ3v) is 4.16. The smallest absolute Gasteiger partial charge is 0.252 e. The Kier molecular flexibility index (Phi) is 7.80. The van der Waals surface area contributed by atoms with Gasteiger partial charge in [0.25, 0.3) is 5.91 Å². The van der Waals surface area contributed by atoms with Crippen molar-refractivity contribution in [1.29, 1.82) is 0 Å². The van der Waals surface area contributed by atoms with Crippen LogP contribution in [-0.4, -0.2) is 37.1 Å². The van der Waals surface area contributed by atoms with Gasteiger partial charge >= 0.3 is 0 Å². The molecule has 0 aliphatic heterocycles. The second-order valence-electron chi connectivity index (χ2n) is 6.80. The van der Waals surface area contributed by atoms with E-state index in [0.717, 1.165) is 5.56 Å². The van der Waals surface area contributed by atoms with E-state index in [2.05, 4.69) is 15.6 Å². The number of carbonyl (C=O) groups excluding carboxylic acids is 2. The molecular weight excluding hydrogens is 358 g/mol. The monoisotopic (exact) mass is 385 g/mol. The predicted octanol–water partition coefficient (Wildman–Crippen LogP) is 2.56. The first kappa shape index (κ1) is 21.2. The highest BCUT2D eigenvalue weighted by molar-refractivity contribution is 5.98. The van der Waals surface area contributed by atoms with Gasteiger partial charge in [-0.1, -0.05) is 19.9 Å². The molecule has 2 N–H and O–H groups in total. The molecule has 0 spiro atoms. The lowest BCUT2D eigenvalue weighted by molar-refractivity contribution is -0.123. The topological polar surface area (TPSA) is 89.5 Å². The Bertz CT molecular complexity index is 793. The number of ether oxygens (including phenoxy) is 2. The lowest BCUT2D eigenvalue weighted by Crippen LogP contribution is -2.47. The van der Waals surface area contributed by atoms with Crippen LogP contribution in [0.2, 0.25) is 0 Å². The molecule has 2 rings (SSSR count). The molecule has 0 aliphatic carbocycles. The first-order valence-corrected chi connectivity index (χ1v) is 9.14. The van der Waals surface area contributed by atoms with E-state index < -0.39 is 6.04 Å². The highest BCUT2D eigenvalue weighted by atomic mass is 16.5. The van der Waals surface area contributed by atoms with Gasteiger partial charge in [-0.15, -0.1) is 0 Å². The van der Waals surface area contributed by atoms with Crippen molar-refractivity contribution in [2.75, 3.05) is 14.2 Å². The van der Waals surface area contributed by atoms with Crippen molar-refractivity contribution >= 4 is 11.8 Å². The zero-order chi connectivity index (χ0) is 20.5. The minimum atomic E-state index is -0.641. The van der Waals surface area contributed by atoms with E-state index in [1.54, 1.807) is 30.6 Å². The first-order valence-electron chi connectivity index (χ1n) is 9.14. The Balaban J connectivity index is 2.08. The average Bonchev–Trinajstić information content (AvgIpc) is 2.71. The highest BCUT2D eigenvalue weighted by Gasteiger charge is 2.23. The predicted molar refractivity (Wildman–Crippen MR) is 106 cm³/mol. The molecule has 0 fully saturated rings. The van der Waals surface area contributed by atoms with Crippen LogP contribution in [0.25, 0.3) is 0 Å². The quantitative estimate of drug-likeness (QED) is 0.692. The maximum atomic E-state index is 12.7. The van der Waals surface area contributed by atoms with Gasteiger partial charge in [0.05, 0.1) is 14.2 Å². The van der Waals surface area contributed by atoms with Gasteiger partial charge in [0.1, 0.15) is 6.04 Å². The molecule has 7 nitrogen and oxygen atoms in total. The van der Waals surface area contributed by atoms with E-state index >= 15 is 0 Å². The van der Waals surface area contributed by atoms with Crippen LogP contribution in [0.4, 0.5) is 0 Å². The minimum absolute atomic E-state index is 0.230. The first-order chi connectivity index (χ1) is 13.4. The molecule has 2 aromatic rings. The number of amides is 2. The van der Waals surface area contributed by atoms with E-state index in [1.165, 1.54) is 14.2 Å². The van der Waals surface area contributed by atoms with Crippen molar-refractivity contribution in [3.63, 3.8) is 0 Å². The van der Waals surface area contributed by atoms with E-state index in [9.17, 15) is 9.59 Å². The Labute approximate surface area is 165 Å². The third-order valence-electron chi connectivity index (χ3n) is 4.16. The van der Waals surface area contributed by atoms with Crippen molar-refractivity contribution in [3.05, 3.63) is 53.9 Å². The van der Waals surface area contributed by atoms with Gasteiger partial charge < -0.3 is 20.1 Å². The van der Waals surface area contributed by atoms with Crippen molar-refractivity contribution < 1.29 is 19.1 Å². The molecule has 1 heterocycles. The standard InChI is InChI=1S/C21H27N3O4/c1-14(2)10-17(21(26)23-13-15-6-5-9-22-12-15)24-20(25)16-7-8-18(27-3)19(11-16)28-4/h5-9,11-12,14,17H,10,13H2,1-4H3,(H,23,26)(H,24,25)/t17-/m0/s1. The fraction of sp³-hybridized carbons (Fsp3) is 0.381. The number of carbonyl (C=O) groups is 2. The van der Waals surface area contributed by atoms with Crippen LogP contribution in [0, 0.1) is 5.92 Å². The molecule has 1 atom stereocenters. The van der Waals surface area contributed by atoms with Gasteiger partial charge in [0, 0.05) is 24.5 Å². The summed E-state index contributed by atoms with van der Waals surface area (Å²) in [5.41, 5.74) is 1.29. The molecule has 1 aromatic carbocycles. The molecule has 150 valence electrons. The van der Waals surface area contributed by atoms with E-state index in [4.69, 9.17) is 9.47 Å². The largest absolute Gasteiger partial charge is 0.493 e. The fourth-order valence-corrected chi connectivity index (χ4v) is 2.74. The molecule has 2 amide bonds. The Hall–Kier alpha value is -3.09. The van der Waals surface area contributed by atoms with Gasteiger partial charge in [-0.25, -0.2) is 0 Å². The summed E-state index contributed by atoms with van der Waals surface area (Å²) >= 11 is 0. The number of hydrogen-bond donors (Lipinski definition) is 2. The molecule has 7 heteroatoms. The number of benzene rings is 1. The number of rotatable bonds is 9. The zero-order valence-electron chi connectivity index (χ0n) is 16.7. The van der Waals surface area contributed by atoms with Gasteiger partial charge in [-0.2, -0.15) is 0 Å². The second-order valence-corrected chi connectivity index (χ2v) is 6.80. The second kappa shape index (κ2) is 10.3. The average molecular weight is 385 g/mol. The molecular formula is C21H27N3O4. The van der Waals surface area contributed by atoms with Crippen molar-refractivity contribution in [2.45, 2.75) is 32.9 Å². The normalized spacial score (nSPS) is 11.6. The summed E-state index contributed by atoms with van der Waals surface area (Å²) in [5, 5.41) is 5.69. The molecule has 0 bridgehead atoms. The SMILES string of the molecule is COc1ccc(C(=O)N[C@@H](CC(C)C)C(=O)NCc2cccnc2)cc1OC. The molecule has 0 unspecified atom stereocenters. The zero-order valence-corrected chi connectivity index (χ0v) is 16.7. The van der Waals surface area contributed by atoms with Crippen molar-refractivity contribution in [3.8, 4) is 11.5 Å². The lowest BCUT2D eigenvalue weighted by Gasteiger charge is -2.20. The van der Waals surface area contributed by atoms with Gasteiger partial charge in [-0.05, 0) is 42.2 Å². The van der Waals surface area contributed by atoms with Crippen LogP contribution in [0.1, 0.15) is 36.2 Å². The van der Waals surface area contributed by atoms with Gasteiger partial charge in [0.15, 0.2) is 11.5 Å². The highest BCUT2D eigenvalue weighted by Crippen LogP contribution is 2.27. The van der Waals surface area contributed by atoms with Crippen molar-refractivity contribution in [1.82, 2.24) is 15.6 Å². The molecule has 0 radical (unpaired) electrons. The number of aromatic nitrogens is 1. The van der Waals surface area contributed by atoms with Crippen LogP contribution in [-0.2, 0) is 11.3 Å². The summed E-state index contributed by atoms with van der Waals surface area (Å²) in [4.78, 5) is 29.4. The molecule has 0 saturated heterocycles. The van der Waals surface area contributed by atoms with E-state index in [1.807, 2.05) is 26.0 Å². The summed E-state index contributed by atoms with van der Waals surface area (Å²) in [6.07, 6.45) is 3.90. The van der Waals surface area contributed by atoms with Crippen LogP contribution < -0.4 is 20.1 Å². The van der Waals surface area contributed by atoms with Gasteiger partial charge in [0.2, 0.25) is 5.91 Å². The number of nitrogens with one attached hydrogen (secondary N) is 2. The van der Waals surface area contributed by atoms with Crippen LogP contribution in [0.15, 0.2) is 42.7 Å². The van der Waals surface area contributed by atoms with Crippen molar-refractivity contribution in [2.24, 2.45) is 5.92 Å². The number of pyridine rings is 1. The van der Waals surface area contributed by atoms with Crippen LogP contribution in [0.5, 0.6) is 11.5 Å². The molecule has 28 heavy (non-hydrogen) atoms. The third kappa shape index (κ3) is 5.97. The maximum absolute atomic E-state index is 12.7. The number of hydrogen-bond acceptors (Lipinski definition) is 5. The summed E-state index contributed by atoms with van der Waals surface area (Å²) in [5.74, 6) is 0.651.